The van der Waals surface area contributed by atoms with E-state index in [2.05, 4.69) is 16.0 Å². The molecule has 0 bridgehead atoms. The van der Waals surface area contributed by atoms with E-state index >= 15 is 0 Å². The molecule has 2 heterocycles. The number of benzene rings is 2. The summed E-state index contributed by atoms with van der Waals surface area (Å²) in [5.74, 6) is -0.825. The van der Waals surface area contributed by atoms with Gasteiger partial charge in [-0.25, -0.2) is 9.78 Å². The minimum Gasteiger partial charge on any atom is -0.478 e. The normalized spacial score (nSPS) is 11.0. The molecule has 5 nitrogen and oxygen atoms in total. The molecule has 2 aromatic heterocycles. The van der Waals surface area contributed by atoms with Crippen molar-refractivity contribution in [1.29, 1.82) is 5.26 Å². The SMILES string of the molecule is CC(C)c1cc(-c2c[nH]c3ncc(-c4cccc(C#N)c4)cc23)ccc1C(=O)O. The van der Waals surface area contributed by atoms with Gasteiger partial charge in [0.25, 0.3) is 0 Å². The predicted molar refractivity (Wildman–Crippen MR) is 113 cm³/mol. The molecule has 0 aliphatic rings. The second kappa shape index (κ2) is 7.25. The van der Waals surface area contributed by atoms with Gasteiger partial charge in [0.1, 0.15) is 5.65 Å². The summed E-state index contributed by atoms with van der Waals surface area (Å²) in [4.78, 5) is 19.3. The summed E-state index contributed by atoms with van der Waals surface area (Å²) < 4.78 is 0. The summed E-state index contributed by atoms with van der Waals surface area (Å²) in [6.07, 6.45) is 3.68. The van der Waals surface area contributed by atoms with E-state index in [-0.39, 0.29) is 5.92 Å². The van der Waals surface area contributed by atoms with Gasteiger partial charge in [-0.1, -0.05) is 32.0 Å². The van der Waals surface area contributed by atoms with E-state index in [1.54, 1.807) is 18.3 Å². The Balaban J connectivity index is 1.86. The Morgan fingerprint density at radius 1 is 1.10 bits per heavy atom. The molecule has 0 radical (unpaired) electrons. The third-order valence-corrected chi connectivity index (χ3v) is 5.07. The number of aromatic nitrogens is 2. The van der Waals surface area contributed by atoms with E-state index in [0.717, 1.165) is 38.9 Å². The lowest BCUT2D eigenvalue weighted by atomic mass is 9.92. The van der Waals surface area contributed by atoms with Crippen LogP contribution in [0.5, 0.6) is 0 Å². The van der Waals surface area contributed by atoms with Crippen LogP contribution in [0.25, 0.3) is 33.3 Å². The smallest absolute Gasteiger partial charge is 0.335 e. The minimum atomic E-state index is -0.916. The number of H-pyrrole nitrogens is 1. The average molecular weight is 381 g/mol. The molecule has 4 aromatic rings. The van der Waals surface area contributed by atoms with Crippen molar-refractivity contribution in [3.63, 3.8) is 0 Å². The Kier molecular flexibility index (Phi) is 4.61. The van der Waals surface area contributed by atoms with Crippen molar-refractivity contribution < 1.29 is 9.90 Å². The van der Waals surface area contributed by atoms with Crippen molar-refractivity contribution >= 4 is 17.0 Å². The fourth-order valence-electron chi connectivity index (χ4n) is 3.57. The summed E-state index contributed by atoms with van der Waals surface area (Å²) >= 11 is 0. The van der Waals surface area contributed by atoms with Gasteiger partial charge in [-0.2, -0.15) is 5.26 Å². The lowest BCUT2D eigenvalue weighted by Gasteiger charge is -2.12. The molecule has 142 valence electrons. The molecular weight excluding hydrogens is 362 g/mol. The van der Waals surface area contributed by atoms with Crippen LogP contribution >= 0.6 is 0 Å². The maximum atomic E-state index is 11.6. The van der Waals surface area contributed by atoms with Gasteiger partial charge >= 0.3 is 5.97 Å². The van der Waals surface area contributed by atoms with Crippen LogP contribution in [0.1, 0.15) is 41.3 Å². The number of aromatic carboxylic acids is 1. The van der Waals surface area contributed by atoms with Crippen molar-refractivity contribution in [3.8, 4) is 28.3 Å². The van der Waals surface area contributed by atoms with Crippen molar-refractivity contribution in [2.24, 2.45) is 0 Å². The highest BCUT2D eigenvalue weighted by Gasteiger charge is 2.16. The summed E-state index contributed by atoms with van der Waals surface area (Å²) in [5.41, 5.74) is 6.23. The highest BCUT2D eigenvalue weighted by atomic mass is 16.4. The van der Waals surface area contributed by atoms with Gasteiger partial charge in [-0.05, 0) is 52.9 Å². The van der Waals surface area contributed by atoms with Gasteiger partial charge in [-0.3, -0.25) is 0 Å². The Morgan fingerprint density at radius 3 is 2.66 bits per heavy atom. The lowest BCUT2D eigenvalue weighted by Crippen LogP contribution is -2.04. The monoisotopic (exact) mass is 381 g/mol. The van der Waals surface area contributed by atoms with Gasteiger partial charge in [0.05, 0.1) is 17.2 Å². The first kappa shape index (κ1) is 18.5. The van der Waals surface area contributed by atoms with Crippen molar-refractivity contribution in [1.82, 2.24) is 9.97 Å². The number of aromatic amines is 1. The number of nitriles is 1. The van der Waals surface area contributed by atoms with Crippen LogP contribution in [-0.4, -0.2) is 21.0 Å². The number of carboxylic acid groups (broad SMARTS) is 1. The number of fused-ring (bicyclic) bond motifs is 1. The minimum absolute atomic E-state index is 0.0914. The van der Waals surface area contributed by atoms with E-state index in [4.69, 9.17) is 5.26 Å². The number of rotatable bonds is 4. The molecule has 4 rings (SSSR count). The molecule has 0 aliphatic heterocycles. The topological polar surface area (TPSA) is 89.8 Å². The molecule has 0 fully saturated rings. The molecule has 0 unspecified atom stereocenters. The zero-order valence-corrected chi connectivity index (χ0v) is 16.1. The van der Waals surface area contributed by atoms with Gasteiger partial charge in [0.15, 0.2) is 0 Å². The van der Waals surface area contributed by atoms with Crippen LogP contribution in [0.15, 0.2) is 60.9 Å². The zero-order chi connectivity index (χ0) is 20.5. The fraction of sp³-hybridized carbons (Fsp3) is 0.125. The van der Waals surface area contributed by atoms with Crippen LogP contribution in [0.4, 0.5) is 0 Å². The van der Waals surface area contributed by atoms with Gasteiger partial charge in [-0.15, -0.1) is 0 Å². The second-order valence-electron chi connectivity index (χ2n) is 7.28. The van der Waals surface area contributed by atoms with Crippen LogP contribution < -0.4 is 0 Å². The first-order chi connectivity index (χ1) is 14.0. The number of carboxylic acids is 1. The van der Waals surface area contributed by atoms with Crippen molar-refractivity contribution in [3.05, 3.63) is 77.6 Å². The maximum Gasteiger partial charge on any atom is 0.335 e. The molecule has 0 atom stereocenters. The molecule has 2 N–H and O–H groups in total. The van der Waals surface area contributed by atoms with Gasteiger partial charge in [0.2, 0.25) is 0 Å². The van der Waals surface area contributed by atoms with Crippen molar-refractivity contribution in [2.45, 2.75) is 19.8 Å². The molecule has 2 aromatic carbocycles. The molecule has 0 amide bonds. The fourth-order valence-corrected chi connectivity index (χ4v) is 3.57. The predicted octanol–water partition coefficient (Wildman–Crippen LogP) is 5.59. The van der Waals surface area contributed by atoms with Crippen LogP contribution in [0, 0.1) is 11.3 Å². The van der Waals surface area contributed by atoms with E-state index in [1.807, 2.05) is 56.4 Å². The Hall–Kier alpha value is -3.91. The maximum absolute atomic E-state index is 11.6. The highest BCUT2D eigenvalue weighted by Crippen LogP contribution is 2.33. The molecule has 0 aliphatic carbocycles. The molecule has 29 heavy (non-hydrogen) atoms. The molecular formula is C24H19N3O2. The summed E-state index contributed by atoms with van der Waals surface area (Å²) in [6.45, 7) is 3.98. The lowest BCUT2D eigenvalue weighted by molar-refractivity contribution is 0.0695. The van der Waals surface area contributed by atoms with Crippen LogP contribution in [0.2, 0.25) is 0 Å². The molecule has 0 saturated heterocycles. The zero-order valence-electron chi connectivity index (χ0n) is 16.1. The average Bonchev–Trinajstić information content (AvgIpc) is 3.16. The van der Waals surface area contributed by atoms with Gasteiger partial charge < -0.3 is 10.1 Å². The van der Waals surface area contributed by atoms with E-state index in [1.165, 1.54) is 0 Å². The Morgan fingerprint density at radius 2 is 1.93 bits per heavy atom. The summed E-state index contributed by atoms with van der Waals surface area (Å²) in [7, 11) is 0. The van der Waals surface area contributed by atoms with E-state index < -0.39 is 5.97 Å². The largest absolute Gasteiger partial charge is 0.478 e. The Labute approximate surface area is 168 Å². The Bertz CT molecular complexity index is 1280. The van der Waals surface area contributed by atoms with Crippen LogP contribution in [0.3, 0.4) is 0 Å². The molecule has 5 heteroatoms. The quantitative estimate of drug-likeness (QED) is 0.482. The highest BCUT2D eigenvalue weighted by molar-refractivity contribution is 5.97. The van der Waals surface area contributed by atoms with E-state index in [9.17, 15) is 9.90 Å². The summed E-state index contributed by atoms with van der Waals surface area (Å²) in [6, 6.07) is 17.1. The molecule has 0 spiro atoms. The standard InChI is InChI=1S/C24H19N3O2/c1-14(2)20-9-17(6-7-19(20)24(28)29)22-13-27-23-21(22)10-18(12-26-23)16-5-3-4-15(8-16)11-25/h3-10,12-14H,1-2H3,(H,26,27)(H,28,29). The van der Waals surface area contributed by atoms with Gasteiger partial charge in [0, 0.05) is 28.9 Å². The van der Waals surface area contributed by atoms with E-state index in [0.29, 0.717) is 11.1 Å². The van der Waals surface area contributed by atoms with Crippen LogP contribution in [-0.2, 0) is 0 Å². The third kappa shape index (κ3) is 3.37. The molecule has 0 saturated carbocycles. The number of nitrogens with zero attached hydrogens (tertiary/aromatic N) is 2. The summed E-state index contributed by atoms with van der Waals surface area (Å²) in [5, 5.41) is 19.6. The number of pyridine rings is 1. The number of hydrogen-bond acceptors (Lipinski definition) is 3. The number of carbonyl (C=O) groups is 1. The van der Waals surface area contributed by atoms with Crippen molar-refractivity contribution in [2.75, 3.05) is 0 Å². The number of hydrogen-bond donors (Lipinski definition) is 2. The first-order valence-electron chi connectivity index (χ1n) is 9.33. The first-order valence-corrected chi connectivity index (χ1v) is 9.33. The third-order valence-electron chi connectivity index (χ3n) is 5.07. The second-order valence-corrected chi connectivity index (χ2v) is 7.28. The number of nitrogens with one attached hydrogen (secondary N) is 1.